The van der Waals surface area contributed by atoms with Gasteiger partial charge in [0.2, 0.25) is 0 Å². The zero-order valence-corrected chi connectivity index (χ0v) is 15.4. The predicted octanol–water partition coefficient (Wildman–Crippen LogP) is 2.93. The molecule has 1 N–H and O–H groups in total. The Bertz CT molecular complexity index is 804. The summed E-state index contributed by atoms with van der Waals surface area (Å²) >= 11 is 0. The number of anilines is 1. The number of nitrogens with one attached hydrogen (secondary N) is 1. The number of hydrogen-bond donors (Lipinski definition) is 1. The smallest absolute Gasteiger partial charge is 0.251 e. The Morgan fingerprint density at radius 1 is 1.27 bits per heavy atom. The summed E-state index contributed by atoms with van der Waals surface area (Å²) < 4.78 is 0. The van der Waals surface area contributed by atoms with Crippen LogP contribution < -0.4 is 10.2 Å². The van der Waals surface area contributed by atoms with E-state index in [1.165, 1.54) is 11.1 Å². The number of carbonyl (C=O) groups is 1. The third-order valence-corrected chi connectivity index (χ3v) is 5.54. The first-order valence-electron chi connectivity index (χ1n) is 9.72. The van der Waals surface area contributed by atoms with Gasteiger partial charge in [-0.1, -0.05) is 19.1 Å². The van der Waals surface area contributed by atoms with Gasteiger partial charge in [0, 0.05) is 36.5 Å². The molecule has 1 aromatic heterocycles. The monoisotopic (exact) mass is 350 g/mol. The Balaban J connectivity index is 1.45. The van der Waals surface area contributed by atoms with Gasteiger partial charge in [-0.05, 0) is 55.7 Å². The predicted molar refractivity (Wildman–Crippen MR) is 103 cm³/mol. The second-order valence-corrected chi connectivity index (χ2v) is 7.28. The van der Waals surface area contributed by atoms with E-state index in [1.54, 1.807) is 6.33 Å². The van der Waals surface area contributed by atoms with Gasteiger partial charge in [0.05, 0.1) is 0 Å². The molecule has 1 saturated heterocycles. The normalized spacial score (nSPS) is 19.3. The number of aromatic nitrogens is 2. The number of nitrogens with zero attached hydrogens (tertiary/aromatic N) is 3. The zero-order valence-electron chi connectivity index (χ0n) is 15.4. The maximum Gasteiger partial charge on any atom is 0.251 e. The van der Waals surface area contributed by atoms with Crippen molar-refractivity contribution in [1.29, 1.82) is 0 Å². The van der Waals surface area contributed by atoms with Gasteiger partial charge in [-0.25, -0.2) is 9.97 Å². The molecule has 1 amide bonds. The molecule has 0 saturated carbocycles. The Hall–Kier alpha value is -2.43. The molecular formula is C21H26N4O. The third-order valence-electron chi connectivity index (χ3n) is 5.54. The fourth-order valence-corrected chi connectivity index (χ4v) is 4.15. The lowest BCUT2D eigenvalue weighted by molar-refractivity contribution is 0.0932. The number of hydrogen-bond acceptors (Lipinski definition) is 4. The first-order valence-corrected chi connectivity index (χ1v) is 9.72. The lowest BCUT2D eigenvalue weighted by atomic mass is 10.0. The maximum atomic E-state index is 12.9. The molecule has 2 heterocycles. The van der Waals surface area contributed by atoms with Crippen molar-refractivity contribution in [2.75, 3.05) is 18.0 Å². The van der Waals surface area contributed by atoms with E-state index in [0.717, 1.165) is 68.7 Å². The molecule has 4 rings (SSSR count). The number of amides is 1. The summed E-state index contributed by atoms with van der Waals surface area (Å²) in [4.78, 5) is 23.8. The van der Waals surface area contributed by atoms with E-state index in [2.05, 4.69) is 39.2 Å². The highest BCUT2D eigenvalue weighted by molar-refractivity contribution is 5.96. The van der Waals surface area contributed by atoms with Gasteiger partial charge in [-0.2, -0.15) is 0 Å². The summed E-state index contributed by atoms with van der Waals surface area (Å²) in [5.74, 6) is 1.05. The molecule has 5 nitrogen and oxygen atoms in total. The Labute approximate surface area is 154 Å². The van der Waals surface area contributed by atoms with Gasteiger partial charge in [-0.15, -0.1) is 0 Å². The van der Waals surface area contributed by atoms with Crippen molar-refractivity contribution in [1.82, 2.24) is 15.3 Å². The van der Waals surface area contributed by atoms with Gasteiger partial charge in [-0.3, -0.25) is 4.79 Å². The second-order valence-electron chi connectivity index (χ2n) is 7.28. The van der Waals surface area contributed by atoms with Crippen molar-refractivity contribution in [2.45, 2.75) is 51.5 Å². The Morgan fingerprint density at radius 2 is 2.19 bits per heavy atom. The molecule has 136 valence electrons. The van der Waals surface area contributed by atoms with Crippen molar-refractivity contribution in [3.63, 3.8) is 0 Å². The van der Waals surface area contributed by atoms with E-state index < -0.39 is 0 Å². The fourth-order valence-electron chi connectivity index (χ4n) is 4.15. The largest absolute Gasteiger partial charge is 0.354 e. The standard InChI is InChI=1S/C21H26N4O/c1-2-16-12-20(23-14-22-16)25-11-5-8-17(13-25)24-21(26)19-10-4-7-15-6-3-9-18(15)19/h4,7,10,12,14,17H,2-3,5-6,8-9,11,13H2,1H3,(H,24,26). The van der Waals surface area contributed by atoms with Crippen LogP contribution in [-0.4, -0.2) is 35.0 Å². The number of carbonyl (C=O) groups excluding carboxylic acids is 1. The average Bonchev–Trinajstić information content (AvgIpc) is 3.17. The molecule has 1 fully saturated rings. The van der Waals surface area contributed by atoms with E-state index in [4.69, 9.17) is 0 Å². The van der Waals surface area contributed by atoms with Crippen LogP contribution in [0, 0.1) is 0 Å². The number of piperidine rings is 1. The lowest BCUT2D eigenvalue weighted by Gasteiger charge is -2.34. The van der Waals surface area contributed by atoms with E-state index in [-0.39, 0.29) is 11.9 Å². The Kier molecular flexibility index (Phi) is 4.87. The minimum atomic E-state index is 0.0764. The molecule has 1 atom stereocenters. The highest BCUT2D eigenvalue weighted by atomic mass is 16.1. The summed E-state index contributed by atoms with van der Waals surface area (Å²) in [6.45, 7) is 3.89. The highest BCUT2D eigenvalue weighted by Crippen LogP contribution is 2.25. The van der Waals surface area contributed by atoms with Gasteiger partial charge >= 0.3 is 0 Å². The quantitative estimate of drug-likeness (QED) is 0.921. The van der Waals surface area contributed by atoms with Crippen LogP contribution in [0.5, 0.6) is 0 Å². The molecule has 26 heavy (non-hydrogen) atoms. The first kappa shape index (κ1) is 17.0. The SMILES string of the molecule is CCc1cc(N2CCCC(NC(=O)c3cccc4c3CCC4)C2)ncn1. The summed E-state index contributed by atoms with van der Waals surface area (Å²) in [5.41, 5.74) is 4.52. The molecule has 5 heteroatoms. The molecule has 1 aromatic carbocycles. The third kappa shape index (κ3) is 3.43. The van der Waals surface area contributed by atoms with Crippen molar-refractivity contribution in [3.05, 3.63) is 53.0 Å². The van der Waals surface area contributed by atoms with Crippen LogP contribution in [0.3, 0.4) is 0 Å². The minimum absolute atomic E-state index is 0.0764. The molecule has 0 radical (unpaired) electrons. The van der Waals surface area contributed by atoms with Gasteiger partial charge in [0.25, 0.3) is 5.91 Å². The van der Waals surface area contributed by atoms with Gasteiger partial charge in [0.1, 0.15) is 12.1 Å². The average molecular weight is 350 g/mol. The highest BCUT2D eigenvalue weighted by Gasteiger charge is 2.25. The molecule has 1 unspecified atom stereocenters. The summed E-state index contributed by atoms with van der Waals surface area (Å²) in [7, 11) is 0. The fraction of sp³-hybridized carbons (Fsp3) is 0.476. The number of rotatable bonds is 4. The molecule has 2 aliphatic rings. The molecule has 0 bridgehead atoms. The molecule has 1 aliphatic carbocycles. The number of fused-ring (bicyclic) bond motifs is 1. The summed E-state index contributed by atoms with van der Waals surface area (Å²) in [6, 6.07) is 8.36. The maximum absolute atomic E-state index is 12.9. The zero-order chi connectivity index (χ0) is 17.9. The van der Waals surface area contributed by atoms with E-state index >= 15 is 0 Å². The van der Waals surface area contributed by atoms with Crippen molar-refractivity contribution in [2.24, 2.45) is 0 Å². The van der Waals surface area contributed by atoms with Gasteiger partial charge < -0.3 is 10.2 Å². The van der Waals surface area contributed by atoms with E-state index in [0.29, 0.717) is 0 Å². The molecule has 0 spiro atoms. The van der Waals surface area contributed by atoms with Crippen LogP contribution in [0.15, 0.2) is 30.6 Å². The summed E-state index contributed by atoms with van der Waals surface area (Å²) in [5, 5.41) is 3.27. The van der Waals surface area contributed by atoms with Crippen molar-refractivity contribution >= 4 is 11.7 Å². The van der Waals surface area contributed by atoms with Gasteiger partial charge in [0.15, 0.2) is 0 Å². The van der Waals surface area contributed by atoms with E-state index in [9.17, 15) is 4.79 Å². The first-order chi connectivity index (χ1) is 12.7. The van der Waals surface area contributed by atoms with E-state index in [1.807, 2.05) is 12.1 Å². The van der Waals surface area contributed by atoms with Crippen molar-refractivity contribution < 1.29 is 4.79 Å². The minimum Gasteiger partial charge on any atom is -0.354 e. The Morgan fingerprint density at radius 3 is 3.08 bits per heavy atom. The van der Waals surface area contributed by atoms with Crippen LogP contribution in [0.2, 0.25) is 0 Å². The van der Waals surface area contributed by atoms with Crippen LogP contribution in [0.4, 0.5) is 5.82 Å². The van der Waals surface area contributed by atoms with Crippen LogP contribution in [0.1, 0.15) is 53.4 Å². The van der Waals surface area contributed by atoms with Crippen LogP contribution in [0.25, 0.3) is 0 Å². The molecule has 1 aliphatic heterocycles. The number of benzene rings is 1. The van der Waals surface area contributed by atoms with Crippen molar-refractivity contribution in [3.8, 4) is 0 Å². The second kappa shape index (κ2) is 7.44. The molecular weight excluding hydrogens is 324 g/mol. The van der Waals surface area contributed by atoms with Crippen LogP contribution in [-0.2, 0) is 19.3 Å². The topological polar surface area (TPSA) is 58.1 Å². The van der Waals surface area contributed by atoms with Crippen LogP contribution >= 0.6 is 0 Å². The number of aryl methyl sites for hydroxylation is 2. The lowest BCUT2D eigenvalue weighted by Crippen LogP contribution is -2.48. The molecule has 2 aromatic rings. The summed E-state index contributed by atoms with van der Waals surface area (Å²) in [6.07, 6.45) is 7.90.